The Morgan fingerprint density at radius 1 is 1.09 bits per heavy atom. The molecule has 0 aromatic heterocycles. The molecule has 5 heteroatoms. The number of halogens is 1. The molecule has 2 aliphatic heterocycles. The van der Waals surface area contributed by atoms with Crippen LogP contribution in [0.3, 0.4) is 0 Å². The van der Waals surface area contributed by atoms with Crippen LogP contribution in [0.4, 0.5) is 0 Å². The van der Waals surface area contributed by atoms with E-state index < -0.39 is 0 Å². The second-order valence-corrected chi connectivity index (χ2v) is 6.27. The Labute approximate surface area is 138 Å². The maximum absolute atomic E-state index is 12.0. The normalized spacial score (nSPS) is 18.6. The van der Waals surface area contributed by atoms with Crippen LogP contribution in [0, 0.1) is 13.8 Å². The molecule has 23 heavy (non-hydrogen) atoms. The highest BCUT2D eigenvalue weighted by Crippen LogP contribution is 2.45. The standard InChI is InChI=1S/C18H15ClO4/c1-9-5-15-17(10(2)18(9)19)12(7-16(20)23-15)11-3-4-13-14(6-11)22-8-21-13/h3-6,12H,7-8H2,1-2H3/t12-/m0/s1. The van der Waals surface area contributed by atoms with Gasteiger partial charge in [0, 0.05) is 16.5 Å². The molecule has 1 atom stereocenters. The van der Waals surface area contributed by atoms with Crippen LogP contribution < -0.4 is 14.2 Å². The predicted molar refractivity (Wildman–Crippen MR) is 85.6 cm³/mol. The number of benzene rings is 2. The van der Waals surface area contributed by atoms with E-state index >= 15 is 0 Å². The Morgan fingerprint density at radius 2 is 1.87 bits per heavy atom. The average Bonchev–Trinajstić information content (AvgIpc) is 2.99. The Morgan fingerprint density at radius 3 is 2.70 bits per heavy atom. The molecule has 0 bridgehead atoms. The van der Waals surface area contributed by atoms with Crippen molar-refractivity contribution in [2.24, 2.45) is 0 Å². The number of fused-ring (bicyclic) bond motifs is 2. The van der Waals surface area contributed by atoms with Crippen molar-refractivity contribution in [2.45, 2.75) is 26.2 Å². The second-order valence-electron chi connectivity index (χ2n) is 5.89. The molecule has 2 aromatic carbocycles. The molecule has 0 spiro atoms. The van der Waals surface area contributed by atoms with Gasteiger partial charge >= 0.3 is 5.97 Å². The first-order chi connectivity index (χ1) is 11.0. The van der Waals surface area contributed by atoms with Gasteiger partial charge in [0.1, 0.15) is 5.75 Å². The van der Waals surface area contributed by atoms with Crippen LogP contribution in [0.1, 0.15) is 34.6 Å². The van der Waals surface area contributed by atoms with Gasteiger partial charge in [-0.2, -0.15) is 0 Å². The lowest BCUT2D eigenvalue weighted by molar-refractivity contribution is -0.135. The molecule has 0 aliphatic carbocycles. The molecular formula is C18H15ClO4. The lowest BCUT2D eigenvalue weighted by Gasteiger charge is -2.28. The lowest BCUT2D eigenvalue weighted by atomic mass is 9.83. The number of aryl methyl sites for hydroxylation is 1. The van der Waals surface area contributed by atoms with E-state index in [-0.39, 0.29) is 25.1 Å². The van der Waals surface area contributed by atoms with E-state index in [1.165, 1.54) is 0 Å². The smallest absolute Gasteiger partial charge is 0.312 e. The van der Waals surface area contributed by atoms with Crippen molar-refractivity contribution in [2.75, 3.05) is 6.79 Å². The molecular weight excluding hydrogens is 316 g/mol. The van der Waals surface area contributed by atoms with Crippen molar-refractivity contribution in [3.8, 4) is 17.2 Å². The highest BCUT2D eigenvalue weighted by atomic mass is 35.5. The second kappa shape index (κ2) is 5.17. The van der Waals surface area contributed by atoms with Crippen LogP contribution >= 0.6 is 11.6 Å². The van der Waals surface area contributed by atoms with Crippen molar-refractivity contribution in [1.82, 2.24) is 0 Å². The van der Waals surface area contributed by atoms with Gasteiger partial charge in [0.2, 0.25) is 6.79 Å². The third kappa shape index (κ3) is 2.25. The number of rotatable bonds is 1. The van der Waals surface area contributed by atoms with Crippen molar-refractivity contribution < 1.29 is 19.0 Å². The minimum absolute atomic E-state index is 0.0983. The number of carbonyl (C=O) groups is 1. The third-order valence-electron chi connectivity index (χ3n) is 4.43. The van der Waals surface area contributed by atoms with E-state index in [2.05, 4.69) is 0 Å². The van der Waals surface area contributed by atoms with Gasteiger partial charge in [-0.05, 0) is 48.7 Å². The van der Waals surface area contributed by atoms with E-state index in [4.69, 9.17) is 25.8 Å². The summed E-state index contributed by atoms with van der Waals surface area (Å²) >= 11 is 6.41. The summed E-state index contributed by atoms with van der Waals surface area (Å²) in [6.45, 7) is 4.10. The molecule has 0 N–H and O–H groups in total. The summed E-state index contributed by atoms with van der Waals surface area (Å²) in [5.41, 5.74) is 3.83. The van der Waals surface area contributed by atoms with Gasteiger partial charge in [-0.25, -0.2) is 0 Å². The topological polar surface area (TPSA) is 44.8 Å². The summed E-state index contributed by atoms with van der Waals surface area (Å²) in [5, 5.41) is 0.715. The van der Waals surface area contributed by atoms with E-state index in [0.29, 0.717) is 16.5 Å². The summed E-state index contributed by atoms with van der Waals surface area (Å²) in [6, 6.07) is 7.61. The van der Waals surface area contributed by atoms with E-state index in [1.807, 2.05) is 38.1 Å². The van der Waals surface area contributed by atoms with Gasteiger partial charge < -0.3 is 14.2 Å². The molecule has 2 aliphatic rings. The molecule has 0 radical (unpaired) electrons. The molecule has 4 rings (SSSR count). The van der Waals surface area contributed by atoms with Crippen molar-refractivity contribution >= 4 is 17.6 Å². The van der Waals surface area contributed by atoms with Gasteiger partial charge in [-0.1, -0.05) is 17.7 Å². The number of carbonyl (C=O) groups excluding carboxylic acids is 1. The summed E-state index contributed by atoms with van der Waals surface area (Å²) in [7, 11) is 0. The average molecular weight is 331 g/mol. The van der Waals surface area contributed by atoms with Crippen molar-refractivity contribution in [3.05, 3.63) is 51.5 Å². The quantitative estimate of drug-likeness (QED) is 0.582. The number of ether oxygens (including phenoxy) is 3. The number of hydrogen-bond donors (Lipinski definition) is 0. The summed E-state index contributed by atoms with van der Waals surface area (Å²) in [6.07, 6.45) is 0.285. The predicted octanol–water partition coefficient (Wildman–Crippen LogP) is 4.13. The number of hydrogen-bond acceptors (Lipinski definition) is 4. The first-order valence-corrected chi connectivity index (χ1v) is 7.82. The molecule has 4 nitrogen and oxygen atoms in total. The fraction of sp³-hybridized carbons (Fsp3) is 0.278. The molecule has 118 valence electrons. The van der Waals surface area contributed by atoms with Gasteiger partial charge in [0.15, 0.2) is 11.5 Å². The van der Waals surface area contributed by atoms with Gasteiger partial charge in [0.25, 0.3) is 0 Å². The fourth-order valence-corrected chi connectivity index (χ4v) is 3.46. The van der Waals surface area contributed by atoms with Crippen LogP contribution in [-0.2, 0) is 4.79 Å². The molecule has 0 fully saturated rings. The van der Waals surface area contributed by atoms with Crippen molar-refractivity contribution in [3.63, 3.8) is 0 Å². The summed E-state index contributed by atoms with van der Waals surface area (Å²) < 4.78 is 16.2. The maximum Gasteiger partial charge on any atom is 0.312 e. The highest BCUT2D eigenvalue weighted by Gasteiger charge is 2.32. The monoisotopic (exact) mass is 330 g/mol. The molecule has 0 unspecified atom stereocenters. The first-order valence-electron chi connectivity index (χ1n) is 7.44. The zero-order valence-electron chi connectivity index (χ0n) is 12.8. The molecule has 0 amide bonds. The van der Waals surface area contributed by atoms with Crippen LogP contribution in [-0.4, -0.2) is 12.8 Å². The first kappa shape index (κ1) is 14.4. The van der Waals surface area contributed by atoms with Crippen LogP contribution in [0.5, 0.6) is 17.2 Å². The highest BCUT2D eigenvalue weighted by molar-refractivity contribution is 6.32. The van der Waals surface area contributed by atoms with E-state index in [0.717, 1.165) is 28.0 Å². The molecule has 2 aromatic rings. The Hall–Kier alpha value is -2.20. The minimum atomic E-state index is -0.235. The number of esters is 1. The maximum atomic E-state index is 12.0. The molecule has 0 saturated carbocycles. The van der Waals surface area contributed by atoms with Crippen molar-refractivity contribution in [1.29, 1.82) is 0 Å². The summed E-state index contributed by atoms with van der Waals surface area (Å²) in [5.74, 6) is 1.70. The minimum Gasteiger partial charge on any atom is -0.454 e. The largest absolute Gasteiger partial charge is 0.454 e. The lowest BCUT2D eigenvalue weighted by Crippen LogP contribution is -2.22. The fourth-order valence-electron chi connectivity index (χ4n) is 3.30. The van der Waals surface area contributed by atoms with E-state index in [1.54, 1.807) is 0 Å². The van der Waals surface area contributed by atoms with Gasteiger partial charge in [0.05, 0.1) is 6.42 Å². The summed E-state index contributed by atoms with van der Waals surface area (Å²) in [4.78, 5) is 12.0. The Bertz CT molecular complexity index is 828. The third-order valence-corrected chi connectivity index (χ3v) is 5.02. The zero-order valence-corrected chi connectivity index (χ0v) is 13.6. The van der Waals surface area contributed by atoms with Crippen LogP contribution in [0.2, 0.25) is 5.02 Å². The van der Waals surface area contributed by atoms with Gasteiger partial charge in [-0.15, -0.1) is 0 Å². The molecule has 0 saturated heterocycles. The van der Waals surface area contributed by atoms with E-state index in [9.17, 15) is 4.79 Å². The zero-order chi connectivity index (χ0) is 16.1. The molecule has 2 heterocycles. The SMILES string of the molecule is Cc1cc2c(c(C)c1Cl)[C@H](c1ccc3c(c1)OCO3)CC(=O)O2. The van der Waals surface area contributed by atoms with Gasteiger partial charge in [-0.3, -0.25) is 4.79 Å². The van der Waals surface area contributed by atoms with Crippen LogP contribution in [0.15, 0.2) is 24.3 Å². The Balaban J connectivity index is 1.88. The Kier molecular flexibility index (Phi) is 3.23. The van der Waals surface area contributed by atoms with Crippen LogP contribution in [0.25, 0.3) is 0 Å².